The van der Waals surface area contributed by atoms with E-state index in [-0.39, 0.29) is 23.7 Å². The van der Waals surface area contributed by atoms with Gasteiger partial charge in [0.2, 0.25) is 0 Å². The predicted octanol–water partition coefficient (Wildman–Crippen LogP) is 1.36. The van der Waals surface area contributed by atoms with E-state index in [1.807, 2.05) is 0 Å². The minimum atomic E-state index is -0.329. The molecule has 0 bridgehead atoms. The fourth-order valence-electron chi connectivity index (χ4n) is 1.60. The number of nitrogens with one attached hydrogen (secondary N) is 1. The standard InChI is InChI=1S/C13H16FNO3/c1-13(8-17-9-13)7-15-12(16)6-18-11-4-2-10(14)3-5-11/h2-5H,6-9H2,1H3,(H,15,16). The molecule has 4 nitrogen and oxygen atoms in total. The number of ether oxygens (including phenoxy) is 2. The summed E-state index contributed by atoms with van der Waals surface area (Å²) >= 11 is 0. The van der Waals surface area contributed by atoms with Crippen molar-refractivity contribution in [3.63, 3.8) is 0 Å². The van der Waals surface area contributed by atoms with Crippen LogP contribution in [0, 0.1) is 11.2 Å². The normalized spacial score (nSPS) is 16.8. The molecule has 1 N–H and O–H groups in total. The molecule has 0 spiro atoms. The van der Waals surface area contributed by atoms with Crippen molar-refractivity contribution in [2.75, 3.05) is 26.4 Å². The molecule has 1 saturated heterocycles. The lowest BCUT2D eigenvalue weighted by Crippen LogP contribution is -2.49. The summed E-state index contributed by atoms with van der Waals surface area (Å²) in [5.74, 6) is -0.0399. The second-order valence-electron chi connectivity index (χ2n) is 4.82. The molecule has 5 heteroatoms. The van der Waals surface area contributed by atoms with Crippen molar-refractivity contribution in [3.8, 4) is 5.75 Å². The van der Waals surface area contributed by atoms with Gasteiger partial charge in [-0.3, -0.25) is 4.79 Å². The Bertz CT molecular complexity index is 415. The summed E-state index contributed by atoms with van der Waals surface area (Å²) in [4.78, 5) is 11.5. The predicted molar refractivity (Wildman–Crippen MR) is 63.8 cm³/mol. The summed E-state index contributed by atoms with van der Waals surface area (Å²) in [5.41, 5.74) is 0.0472. The van der Waals surface area contributed by atoms with E-state index < -0.39 is 0 Å². The highest BCUT2D eigenvalue weighted by molar-refractivity contribution is 5.77. The van der Waals surface area contributed by atoms with Crippen LogP contribution in [0.25, 0.3) is 0 Å². The first-order valence-electron chi connectivity index (χ1n) is 5.80. The van der Waals surface area contributed by atoms with E-state index in [1.165, 1.54) is 24.3 Å². The van der Waals surface area contributed by atoms with Crippen molar-refractivity contribution < 1.29 is 18.7 Å². The number of rotatable bonds is 5. The van der Waals surface area contributed by atoms with Crippen LogP contribution in [0.4, 0.5) is 4.39 Å². The summed E-state index contributed by atoms with van der Waals surface area (Å²) in [5, 5.41) is 2.79. The number of halogens is 1. The van der Waals surface area contributed by atoms with Crippen molar-refractivity contribution in [2.45, 2.75) is 6.92 Å². The Morgan fingerprint density at radius 1 is 1.44 bits per heavy atom. The molecule has 1 aliphatic rings. The minimum Gasteiger partial charge on any atom is -0.484 e. The zero-order valence-electron chi connectivity index (χ0n) is 10.2. The summed E-state index contributed by atoms with van der Waals surface area (Å²) in [7, 11) is 0. The monoisotopic (exact) mass is 253 g/mol. The summed E-state index contributed by atoms with van der Waals surface area (Å²) < 4.78 is 23.0. The molecule has 1 amide bonds. The molecule has 0 saturated carbocycles. The summed E-state index contributed by atoms with van der Waals surface area (Å²) in [6, 6.07) is 5.56. The second kappa shape index (κ2) is 5.35. The van der Waals surface area contributed by atoms with E-state index in [0.717, 1.165) is 0 Å². The molecular weight excluding hydrogens is 237 g/mol. The maximum absolute atomic E-state index is 12.6. The second-order valence-corrected chi connectivity index (χ2v) is 4.82. The molecule has 1 fully saturated rings. The number of amides is 1. The first-order chi connectivity index (χ1) is 8.57. The van der Waals surface area contributed by atoms with E-state index in [0.29, 0.717) is 25.5 Å². The third-order valence-corrected chi connectivity index (χ3v) is 2.80. The fourth-order valence-corrected chi connectivity index (χ4v) is 1.60. The van der Waals surface area contributed by atoms with Gasteiger partial charge in [0.05, 0.1) is 13.2 Å². The van der Waals surface area contributed by atoms with Crippen LogP contribution in [0.1, 0.15) is 6.92 Å². The Labute approximate surface area is 105 Å². The maximum Gasteiger partial charge on any atom is 0.257 e. The van der Waals surface area contributed by atoms with Gasteiger partial charge in [0.25, 0.3) is 5.91 Å². The Balaban J connectivity index is 1.69. The van der Waals surface area contributed by atoms with E-state index in [9.17, 15) is 9.18 Å². The van der Waals surface area contributed by atoms with Crippen LogP contribution in [0.2, 0.25) is 0 Å². The van der Waals surface area contributed by atoms with Crippen molar-refractivity contribution in [1.82, 2.24) is 5.32 Å². The van der Waals surface area contributed by atoms with Crippen molar-refractivity contribution in [2.24, 2.45) is 5.41 Å². The third-order valence-electron chi connectivity index (χ3n) is 2.80. The molecule has 2 rings (SSSR count). The molecule has 0 unspecified atom stereocenters. The Morgan fingerprint density at radius 2 is 2.11 bits per heavy atom. The largest absolute Gasteiger partial charge is 0.484 e. The number of carbonyl (C=O) groups is 1. The number of hydrogen-bond donors (Lipinski definition) is 1. The lowest BCUT2D eigenvalue weighted by molar-refractivity contribution is -0.128. The van der Waals surface area contributed by atoms with Gasteiger partial charge in [-0.1, -0.05) is 6.92 Å². The molecule has 1 heterocycles. The van der Waals surface area contributed by atoms with Gasteiger partial charge < -0.3 is 14.8 Å². The maximum atomic E-state index is 12.6. The highest BCUT2D eigenvalue weighted by Gasteiger charge is 2.33. The van der Waals surface area contributed by atoms with Crippen LogP contribution in [-0.2, 0) is 9.53 Å². The molecule has 0 atom stereocenters. The first-order valence-corrected chi connectivity index (χ1v) is 5.80. The Hall–Kier alpha value is -1.62. The van der Waals surface area contributed by atoms with E-state index in [2.05, 4.69) is 12.2 Å². The van der Waals surface area contributed by atoms with Crippen LogP contribution >= 0.6 is 0 Å². The quantitative estimate of drug-likeness (QED) is 0.862. The zero-order valence-corrected chi connectivity index (χ0v) is 10.2. The lowest BCUT2D eigenvalue weighted by Gasteiger charge is -2.37. The van der Waals surface area contributed by atoms with E-state index in [4.69, 9.17) is 9.47 Å². The fraction of sp³-hybridized carbons (Fsp3) is 0.462. The van der Waals surface area contributed by atoms with Crippen LogP contribution in [-0.4, -0.2) is 32.3 Å². The van der Waals surface area contributed by atoms with Crippen LogP contribution in [0.3, 0.4) is 0 Å². The number of carbonyl (C=O) groups excluding carboxylic acids is 1. The van der Waals surface area contributed by atoms with Gasteiger partial charge in [0.1, 0.15) is 11.6 Å². The van der Waals surface area contributed by atoms with Crippen molar-refractivity contribution in [3.05, 3.63) is 30.1 Å². The summed E-state index contributed by atoms with van der Waals surface area (Å²) in [6.07, 6.45) is 0. The van der Waals surface area contributed by atoms with Gasteiger partial charge in [-0.25, -0.2) is 4.39 Å². The van der Waals surface area contributed by atoms with Crippen molar-refractivity contribution in [1.29, 1.82) is 0 Å². The Kier molecular flexibility index (Phi) is 3.81. The smallest absolute Gasteiger partial charge is 0.257 e. The zero-order chi connectivity index (χ0) is 13.0. The molecular formula is C13H16FNO3. The lowest BCUT2D eigenvalue weighted by atomic mass is 9.89. The highest BCUT2D eigenvalue weighted by Crippen LogP contribution is 2.24. The summed E-state index contributed by atoms with van der Waals surface area (Å²) in [6.45, 7) is 3.91. The topological polar surface area (TPSA) is 47.6 Å². The molecule has 98 valence electrons. The van der Waals surface area contributed by atoms with Gasteiger partial charge in [-0.15, -0.1) is 0 Å². The van der Waals surface area contributed by atoms with Gasteiger partial charge >= 0.3 is 0 Å². The third kappa shape index (κ3) is 3.43. The molecule has 18 heavy (non-hydrogen) atoms. The van der Waals surface area contributed by atoms with E-state index in [1.54, 1.807) is 0 Å². The number of hydrogen-bond acceptors (Lipinski definition) is 3. The van der Waals surface area contributed by atoms with Crippen molar-refractivity contribution >= 4 is 5.91 Å². The van der Waals surface area contributed by atoms with Crippen LogP contribution < -0.4 is 10.1 Å². The van der Waals surface area contributed by atoms with Gasteiger partial charge in [0.15, 0.2) is 6.61 Å². The molecule has 0 aromatic heterocycles. The van der Waals surface area contributed by atoms with Gasteiger partial charge in [-0.2, -0.15) is 0 Å². The Morgan fingerprint density at radius 3 is 2.67 bits per heavy atom. The van der Waals surface area contributed by atoms with Crippen LogP contribution in [0.15, 0.2) is 24.3 Å². The molecule has 0 aliphatic carbocycles. The molecule has 1 aromatic rings. The van der Waals surface area contributed by atoms with E-state index >= 15 is 0 Å². The number of benzene rings is 1. The highest BCUT2D eigenvalue weighted by atomic mass is 19.1. The average Bonchev–Trinajstić information content (AvgIpc) is 2.33. The molecule has 0 radical (unpaired) electrons. The molecule has 1 aliphatic heterocycles. The average molecular weight is 253 g/mol. The van der Waals surface area contributed by atoms with Gasteiger partial charge in [-0.05, 0) is 24.3 Å². The van der Waals surface area contributed by atoms with Gasteiger partial charge in [0, 0.05) is 12.0 Å². The van der Waals surface area contributed by atoms with Crippen LogP contribution in [0.5, 0.6) is 5.75 Å². The SMILES string of the molecule is CC1(CNC(=O)COc2ccc(F)cc2)COC1. The minimum absolute atomic E-state index is 0.0472. The first kappa shape index (κ1) is 12.8. The molecule has 1 aromatic carbocycles.